The molecule has 6 heteroatoms. The van der Waals surface area contributed by atoms with Gasteiger partial charge >= 0.3 is 5.97 Å². The van der Waals surface area contributed by atoms with Crippen molar-refractivity contribution in [2.45, 2.75) is 302 Å². The van der Waals surface area contributed by atoms with Gasteiger partial charge in [-0.3, -0.25) is 9.59 Å². The van der Waals surface area contributed by atoms with Gasteiger partial charge in [0.15, 0.2) is 0 Å². The number of hydrogen-bond donors (Lipinski definition) is 3. The maximum absolute atomic E-state index is 12.4. The zero-order chi connectivity index (χ0) is 45.8. The number of allylic oxidation sites excluding steroid dienone is 6. The van der Waals surface area contributed by atoms with E-state index in [9.17, 15) is 19.8 Å². The maximum atomic E-state index is 12.4. The third-order valence-corrected chi connectivity index (χ3v) is 12.6. The van der Waals surface area contributed by atoms with E-state index < -0.39 is 12.1 Å². The number of hydrogen-bond acceptors (Lipinski definition) is 5. The summed E-state index contributed by atoms with van der Waals surface area (Å²) in [6.45, 7) is 4.86. The van der Waals surface area contributed by atoms with Gasteiger partial charge in [-0.1, -0.05) is 237 Å². The van der Waals surface area contributed by atoms with Crippen molar-refractivity contribution in [2.24, 2.45) is 0 Å². The summed E-state index contributed by atoms with van der Waals surface area (Å²) < 4.78 is 5.46. The second-order valence-corrected chi connectivity index (χ2v) is 18.9. The summed E-state index contributed by atoms with van der Waals surface area (Å²) >= 11 is 0. The quantitative estimate of drug-likeness (QED) is 0.0321. The number of amides is 1. The molecule has 0 radical (unpaired) electrons. The molecule has 0 saturated carbocycles. The van der Waals surface area contributed by atoms with E-state index in [1.165, 1.54) is 205 Å². The first-order valence-electron chi connectivity index (χ1n) is 27.7. The van der Waals surface area contributed by atoms with Crippen molar-refractivity contribution in [3.05, 3.63) is 36.5 Å². The van der Waals surface area contributed by atoms with Crippen molar-refractivity contribution >= 4 is 11.9 Å². The van der Waals surface area contributed by atoms with Gasteiger partial charge in [-0.2, -0.15) is 0 Å². The smallest absolute Gasteiger partial charge is 0.305 e. The van der Waals surface area contributed by atoms with E-state index in [-0.39, 0.29) is 18.5 Å². The molecule has 0 aliphatic carbocycles. The van der Waals surface area contributed by atoms with E-state index >= 15 is 0 Å². The highest BCUT2D eigenvalue weighted by Crippen LogP contribution is 2.16. The van der Waals surface area contributed by atoms with Gasteiger partial charge in [0.05, 0.1) is 25.4 Å². The summed E-state index contributed by atoms with van der Waals surface area (Å²) in [5, 5.41) is 23.1. The number of ether oxygens (including phenoxy) is 1. The van der Waals surface area contributed by atoms with Crippen LogP contribution in [0.5, 0.6) is 0 Å². The Morgan fingerprint density at radius 3 is 1.29 bits per heavy atom. The summed E-state index contributed by atoms with van der Waals surface area (Å²) in [7, 11) is 0. The van der Waals surface area contributed by atoms with Crippen LogP contribution in [0.4, 0.5) is 0 Å². The Kier molecular flexibility index (Phi) is 51.1. The lowest BCUT2D eigenvalue weighted by Gasteiger charge is -2.22. The van der Waals surface area contributed by atoms with E-state index in [4.69, 9.17) is 4.74 Å². The Hall–Kier alpha value is -1.92. The van der Waals surface area contributed by atoms with Gasteiger partial charge in [0.1, 0.15) is 0 Å². The fourth-order valence-corrected chi connectivity index (χ4v) is 8.38. The lowest BCUT2D eigenvalue weighted by atomic mass is 10.0. The Balaban J connectivity index is 3.38. The van der Waals surface area contributed by atoms with Crippen molar-refractivity contribution in [3.63, 3.8) is 0 Å². The van der Waals surface area contributed by atoms with E-state index in [0.29, 0.717) is 25.9 Å². The van der Waals surface area contributed by atoms with Crippen LogP contribution < -0.4 is 5.32 Å². The third kappa shape index (κ3) is 49.4. The highest BCUT2D eigenvalue weighted by Gasteiger charge is 2.20. The molecular formula is C57H107NO5. The molecule has 0 aliphatic heterocycles. The molecule has 0 aromatic carbocycles. The number of nitrogens with one attached hydrogen (secondary N) is 1. The monoisotopic (exact) mass is 886 g/mol. The Morgan fingerprint density at radius 1 is 0.444 bits per heavy atom. The normalized spacial score (nSPS) is 12.9. The number of carbonyl (C=O) groups is 2. The van der Waals surface area contributed by atoms with Crippen LogP contribution in [0, 0.1) is 0 Å². The van der Waals surface area contributed by atoms with Crippen LogP contribution in [0.2, 0.25) is 0 Å². The van der Waals surface area contributed by atoms with Crippen LogP contribution in [0.25, 0.3) is 0 Å². The lowest BCUT2D eigenvalue weighted by molar-refractivity contribution is -0.143. The van der Waals surface area contributed by atoms with Gasteiger partial charge < -0.3 is 20.3 Å². The Morgan fingerprint density at radius 2 is 0.825 bits per heavy atom. The number of aliphatic hydroxyl groups is 2. The van der Waals surface area contributed by atoms with Crippen molar-refractivity contribution in [3.8, 4) is 0 Å². The summed E-state index contributed by atoms with van der Waals surface area (Å²) in [5.41, 5.74) is 0. The minimum atomic E-state index is -0.665. The molecule has 0 fully saturated rings. The van der Waals surface area contributed by atoms with Crippen LogP contribution in [0.1, 0.15) is 290 Å². The van der Waals surface area contributed by atoms with Crippen LogP contribution in [0.3, 0.4) is 0 Å². The first-order chi connectivity index (χ1) is 31.0. The molecule has 0 bridgehead atoms. The molecular weight excluding hydrogens is 779 g/mol. The van der Waals surface area contributed by atoms with Gasteiger partial charge in [-0.05, 0) is 77.0 Å². The second kappa shape index (κ2) is 52.7. The zero-order valence-corrected chi connectivity index (χ0v) is 42.1. The van der Waals surface area contributed by atoms with Crippen molar-refractivity contribution in [1.29, 1.82) is 0 Å². The molecule has 0 spiro atoms. The number of unbranched alkanes of at least 4 members (excludes halogenated alkanes) is 34. The molecule has 3 N–H and O–H groups in total. The Bertz CT molecular complexity index is 1020. The molecule has 0 aliphatic rings. The molecule has 0 saturated heterocycles. The molecule has 370 valence electrons. The topological polar surface area (TPSA) is 95.9 Å². The number of aliphatic hydroxyl groups excluding tert-OH is 2. The van der Waals surface area contributed by atoms with Crippen LogP contribution in [0.15, 0.2) is 36.5 Å². The largest absolute Gasteiger partial charge is 0.466 e. The van der Waals surface area contributed by atoms with E-state index in [0.717, 1.165) is 51.4 Å². The molecule has 63 heavy (non-hydrogen) atoms. The molecule has 2 atom stereocenters. The zero-order valence-electron chi connectivity index (χ0n) is 42.1. The average Bonchev–Trinajstić information content (AvgIpc) is 3.28. The van der Waals surface area contributed by atoms with E-state index in [1.54, 1.807) is 0 Å². The summed E-state index contributed by atoms with van der Waals surface area (Å²) in [6.07, 6.45) is 64.3. The molecule has 2 unspecified atom stereocenters. The maximum Gasteiger partial charge on any atom is 0.305 e. The minimum absolute atomic E-state index is 0.00341. The summed E-state index contributed by atoms with van der Waals surface area (Å²) in [5.74, 6) is -0.0458. The molecule has 0 aromatic heterocycles. The predicted octanol–water partition coefficient (Wildman–Crippen LogP) is 16.9. The highest BCUT2D eigenvalue weighted by atomic mass is 16.5. The number of rotatable bonds is 51. The first kappa shape index (κ1) is 61.1. The molecule has 1 amide bonds. The molecule has 0 rings (SSSR count). The number of carbonyl (C=O) groups excluding carboxylic acids is 2. The molecule has 0 aromatic rings. The van der Waals surface area contributed by atoms with Crippen molar-refractivity contribution < 1.29 is 24.5 Å². The van der Waals surface area contributed by atoms with Gasteiger partial charge in [0, 0.05) is 12.8 Å². The predicted molar refractivity (Wildman–Crippen MR) is 273 cm³/mol. The van der Waals surface area contributed by atoms with E-state index in [2.05, 4.69) is 55.6 Å². The molecule has 0 heterocycles. The minimum Gasteiger partial charge on any atom is -0.466 e. The lowest BCUT2D eigenvalue weighted by Crippen LogP contribution is -2.45. The third-order valence-electron chi connectivity index (χ3n) is 12.6. The SMILES string of the molecule is CCC/C=C\C/C=C\CCCCCCCC(=O)OCCCCCCCCCCCCCC/C=C\CCCCCCCCCCC(=O)NC(CO)C(O)CCCCCCCCCCC. The van der Waals surface area contributed by atoms with Crippen molar-refractivity contribution in [1.82, 2.24) is 5.32 Å². The summed E-state index contributed by atoms with van der Waals surface area (Å²) in [6, 6.07) is -0.543. The van der Waals surface area contributed by atoms with Crippen LogP contribution in [-0.4, -0.2) is 47.4 Å². The fraction of sp³-hybridized carbons (Fsp3) is 0.860. The Labute approximate surface area is 392 Å². The standard InChI is InChI=1S/C57H107NO5/c1-3-5-7-9-11-13-14-27-31-35-39-43-47-51-57(62)63-52-48-44-40-36-32-29-26-24-22-20-18-16-15-17-19-21-23-25-28-30-34-38-42-46-50-56(61)58-54(53-59)55(60)49-45-41-37-33-12-10-8-6-4-2/h7,9,13-14,17,19,54-55,59-60H,3-6,8,10-12,15-16,18,20-53H2,1-2H3,(H,58,61)/b9-7-,14-13-,19-17-. The van der Waals surface area contributed by atoms with E-state index in [1.807, 2.05) is 0 Å². The highest BCUT2D eigenvalue weighted by molar-refractivity contribution is 5.76. The van der Waals surface area contributed by atoms with Crippen LogP contribution in [-0.2, 0) is 14.3 Å². The first-order valence-corrected chi connectivity index (χ1v) is 27.7. The van der Waals surface area contributed by atoms with Gasteiger partial charge in [0.25, 0.3) is 0 Å². The summed E-state index contributed by atoms with van der Waals surface area (Å²) in [4.78, 5) is 24.4. The second-order valence-electron chi connectivity index (χ2n) is 18.9. The van der Waals surface area contributed by atoms with Gasteiger partial charge in [-0.15, -0.1) is 0 Å². The van der Waals surface area contributed by atoms with Gasteiger partial charge in [-0.25, -0.2) is 0 Å². The van der Waals surface area contributed by atoms with Crippen molar-refractivity contribution in [2.75, 3.05) is 13.2 Å². The number of esters is 1. The fourth-order valence-electron chi connectivity index (χ4n) is 8.38. The molecule has 6 nitrogen and oxygen atoms in total. The average molecular weight is 886 g/mol. The van der Waals surface area contributed by atoms with Crippen LogP contribution >= 0.6 is 0 Å². The van der Waals surface area contributed by atoms with Gasteiger partial charge in [0.2, 0.25) is 5.91 Å².